The number of carbonyl (C=O) groups excluding carboxylic acids is 1. The summed E-state index contributed by atoms with van der Waals surface area (Å²) in [6.45, 7) is 0.342. The van der Waals surface area contributed by atoms with E-state index < -0.39 is 5.54 Å². The van der Waals surface area contributed by atoms with Crippen molar-refractivity contribution in [2.45, 2.75) is 12.1 Å². The van der Waals surface area contributed by atoms with Crippen LogP contribution in [0.15, 0.2) is 114 Å². The summed E-state index contributed by atoms with van der Waals surface area (Å²) in [6.07, 6.45) is 3.54. The van der Waals surface area contributed by atoms with Crippen molar-refractivity contribution in [2.24, 2.45) is 10.7 Å². The third kappa shape index (κ3) is 3.34. The fourth-order valence-electron chi connectivity index (χ4n) is 4.21. The monoisotopic (exact) mass is 418 g/mol. The Labute approximate surface area is 186 Å². The minimum absolute atomic E-state index is 0.151. The Hall–Kier alpha value is -4.25. The van der Waals surface area contributed by atoms with Crippen LogP contribution in [0.1, 0.15) is 16.7 Å². The van der Waals surface area contributed by atoms with E-state index in [0.29, 0.717) is 6.54 Å². The number of amides is 1. The Morgan fingerprint density at radius 3 is 2.00 bits per heavy atom. The highest BCUT2D eigenvalue weighted by Crippen LogP contribution is 2.40. The van der Waals surface area contributed by atoms with E-state index in [1.807, 2.05) is 91.0 Å². The van der Waals surface area contributed by atoms with Gasteiger partial charge in [0.2, 0.25) is 0 Å². The summed E-state index contributed by atoms with van der Waals surface area (Å²) in [7, 11) is 0. The molecule has 2 N–H and O–H groups in total. The fourth-order valence-corrected chi connectivity index (χ4v) is 4.21. The smallest absolute Gasteiger partial charge is 0.266 e. The summed E-state index contributed by atoms with van der Waals surface area (Å²) < 4.78 is 0. The predicted octanol–water partition coefficient (Wildman–Crippen LogP) is 4.35. The molecule has 0 radical (unpaired) electrons. The number of hydrogen-bond donors (Lipinski definition) is 1. The molecule has 5 rings (SSSR count). The average molecular weight is 419 g/mol. The average Bonchev–Trinajstić information content (AvgIpc) is 3.11. The molecule has 156 valence electrons. The van der Waals surface area contributed by atoms with Crippen LogP contribution in [-0.2, 0) is 16.9 Å². The maximum Gasteiger partial charge on any atom is 0.266 e. The van der Waals surface area contributed by atoms with E-state index in [4.69, 9.17) is 10.7 Å². The quantitative estimate of drug-likeness (QED) is 0.524. The summed E-state index contributed by atoms with van der Waals surface area (Å²) in [5.74, 6) is 0.0683. The van der Waals surface area contributed by atoms with E-state index in [9.17, 15) is 4.79 Å². The Kier molecular flexibility index (Phi) is 5.00. The molecule has 0 atom stereocenters. The van der Waals surface area contributed by atoms with Crippen LogP contribution in [0, 0.1) is 0 Å². The number of aromatic nitrogens is 1. The lowest BCUT2D eigenvalue weighted by atomic mass is 9.83. The second kappa shape index (κ2) is 8.12. The largest absolute Gasteiger partial charge is 0.369 e. The van der Waals surface area contributed by atoms with Crippen molar-refractivity contribution in [3.05, 3.63) is 126 Å². The Balaban J connectivity index is 1.53. The molecule has 0 bridgehead atoms. The maximum atomic E-state index is 13.9. The minimum atomic E-state index is -1.19. The molecule has 1 amide bonds. The molecular weight excluding hydrogens is 396 g/mol. The van der Waals surface area contributed by atoms with Gasteiger partial charge in [-0.25, -0.2) is 4.99 Å². The number of carbonyl (C=O) groups is 1. The molecule has 0 fully saturated rings. The van der Waals surface area contributed by atoms with Crippen LogP contribution >= 0.6 is 0 Å². The summed E-state index contributed by atoms with van der Waals surface area (Å²) >= 11 is 0. The topological polar surface area (TPSA) is 71.6 Å². The first-order valence-electron chi connectivity index (χ1n) is 10.5. The molecule has 5 heteroatoms. The van der Waals surface area contributed by atoms with Crippen LogP contribution in [-0.4, -0.2) is 21.8 Å². The molecule has 4 aromatic rings. The van der Waals surface area contributed by atoms with Gasteiger partial charge in [-0.3, -0.25) is 14.7 Å². The second-order valence-corrected chi connectivity index (χ2v) is 7.74. The van der Waals surface area contributed by atoms with Crippen LogP contribution in [0.25, 0.3) is 11.1 Å². The van der Waals surface area contributed by atoms with Gasteiger partial charge in [0.1, 0.15) is 0 Å². The van der Waals surface area contributed by atoms with Crippen molar-refractivity contribution in [3.63, 3.8) is 0 Å². The zero-order chi connectivity index (χ0) is 22.0. The number of pyridine rings is 1. The zero-order valence-corrected chi connectivity index (χ0v) is 17.4. The summed E-state index contributed by atoms with van der Waals surface area (Å²) in [4.78, 5) is 24.3. The zero-order valence-electron chi connectivity index (χ0n) is 17.4. The lowest BCUT2D eigenvalue weighted by Crippen LogP contribution is -2.43. The molecule has 0 unspecified atom stereocenters. The SMILES string of the molecule is NC1=NC(c2ccccc2)(c2ccccc2)C(=O)N1Cc1cccc(-c2ccncc2)c1. The van der Waals surface area contributed by atoms with Crippen molar-refractivity contribution >= 4 is 11.9 Å². The molecule has 2 heterocycles. The van der Waals surface area contributed by atoms with Gasteiger partial charge in [-0.2, -0.15) is 0 Å². The predicted molar refractivity (Wildman–Crippen MR) is 126 cm³/mol. The molecule has 32 heavy (non-hydrogen) atoms. The standard InChI is InChI=1S/C27H22N4O/c28-26-30-27(23-10-3-1-4-11-23,24-12-5-2-6-13-24)25(32)31(26)19-20-8-7-9-22(18-20)21-14-16-29-17-15-21/h1-18H,19H2,(H2,28,30). The van der Waals surface area contributed by atoms with E-state index in [1.54, 1.807) is 17.3 Å². The van der Waals surface area contributed by atoms with Gasteiger partial charge in [0.05, 0.1) is 6.54 Å². The molecule has 0 saturated carbocycles. The molecule has 5 nitrogen and oxygen atoms in total. The molecule has 0 aliphatic carbocycles. The molecule has 1 aliphatic rings. The first-order valence-corrected chi connectivity index (χ1v) is 10.5. The summed E-state index contributed by atoms with van der Waals surface area (Å²) in [5.41, 5.74) is 9.88. The van der Waals surface area contributed by atoms with Crippen molar-refractivity contribution in [1.82, 2.24) is 9.88 Å². The number of hydrogen-bond acceptors (Lipinski definition) is 4. The van der Waals surface area contributed by atoms with Gasteiger partial charge < -0.3 is 5.73 Å². The van der Waals surface area contributed by atoms with E-state index in [2.05, 4.69) is 11.1 Å². The van der Waals surface area contributed by atoms with Gasteiger partial charge in [0.15, 0.2) is 11.5 Å². The first-order chi connectivity index (χ1) is 15.7. The Morgan fingerprint density at radius 1 is 0.750 bits per heavy atom. The highest BCUT2D eigenvalue weighted by Gasteiger charge is 2.50. The van der Waals surface area contributed by atoms with Gasteiger partial charge in [-0.1, -0.05) is 78.9 Å². The van der Waals surface area contributed by atoms with E-state index in [-0.39, 0.29) is 11.9 Å². The fraction of sp³-hybridized carbons (Fsp3) is 0.0741. The van der Waals surface area contributed by atoms with E-state index >= 15 is 0 Å². The van der Waals surface area contributed by atoms with Gasteiger partial charge in [0.25, 0.3) is 5.91 Å². The van der Waals surface area contributed by atoms with Crippen LogP contribution in [0.4, 0.5) is 0 Å². The molecule has 0 saturated heterocycles. The highest BCUT2D eigenvalue weighted by atomic mass is 16.2. The number of nitrogens with two attached hydrogens (primary N) is 1. The third-order valence-corrected chi connectivity index (χ3v) is 5.78. The third-order valence-electron chi connectivity index (χ3n) is 5.78. The van der Waals surface area contributed by atoms with Gasteiger partial charge in [0, 0.05) is 12.4 Å². The normalized spacial score (nSPS) is 14.9. The molecule has 3 aromatic carbocycles. The first kappa shape index (κ1) is 19.7. The van der Waals surface area contributed by atoms with Gasteiger partial charge in [-0.15, -0.1) is 0 Å². The molecule has 0 spiro atoms. The van der Waals surface area contributed by atoms with Crippen LogP contribution in [0.3, 0.4) is 0 Å². The van der Waals surface area contributed by atoms with Crippen molar-refractivity contribution in [2.75, 3.05) is 0 Å². The Morgan fingerprint density at radius 2 is 1.38 bits per heavy atom. The number of rotatable bonds is 5. The van der Waals surface area contributed by atoms with Gasteiger partial charge in [-0.05, 0) is 46.0 Å². The van der Waals surface area contributed by atoms with Crippen molar-refractivity contribution < 1.29 is 4.79 Å². The number of nitrogens with zero attached hydrogens (tertiary/aromatic N) is 3. The highest BCUT2D eigenvalue weighted by molar-refractivity contribution is 6.09. The molecule has 1 aromatic heterocycles. The maximum absolute atomic E-state index is 13.9. The number of benzene rings is 3. The van der Waals surface area contributed by atoms with E-state index in [0.717, 1.165) is 27.8 Å². The summed E-state index contributed by atoms with van der Waals surface area (Å²) in [5, 5.41) is 0. The van der Waals surface area contributed by atoms with Gasteiger partial charge >= 0.3 is 0 Å². The molecule has 1 aliphatic heterocycles. The Bertz CT molecular complexity index is 1230. The lowest BCUT2D eigenvalue weighted by molar-refractivity contribution is -0.130. The van der Waals surface area contributed by atoms with Crippen molar-refractivity contribution in [1.29, 1.82) is 0 Å². The van der Waals surface area contributed by atoms with Crippen LogP contribution in [0.5, 0.6) is 0 Å². The van der Waals surface area contributed by atoms with Crippen molar-refractivity contribution in [3.8, 4) is 11.1 Å². The molecular formula is C27H22N4O. The summed E-state index contributed by atoms with van der Waals surface area (Å²) in [6, 6.07) is 31.2. The van der Waals surface area contributed by atoms with Crippen LogP contribution in [0.2, 0.25) is 0 Å². The number of guanidine groups is 1. The van der Waals surface area contributed by atoms with Crippen LogP contribution < -0.4 is 5.73 Å². The lowest BCUT2D eigenvalue weighted by Gasteiger charge is -2.27. The minimum Gasteiger partial charge on any atom is -0.369 e. The number of aliphatic imine (C=N–C) groups is 1. The van der Waals surface area contributed by atoms with E-state index in [1.165, 1.54) is 0 Å². The second-order valence-electron chi connectivity index (χ2n) is 7.74.